The molecule has 0 atom stereocenters. The van der Waals surface area contributed by atoms with Crippen LogP contribution in [0.3, 0.4) is 0 Å². The molecule has 1 fully saturated rings. The van der Waals surface area contributed by atoms with Gasteiger partial charge < -0.3 is 16.0 Å². The fourth-order valence-electron chi connectivity index (χ4n) is 2.89. The lowest BCUT2D eigenvalue weighted by molar-refractivity contribution is 0.0995. The summed E-state index contributed by atoms with van der Waals surface area (Å²) >= 11 is 0. The molecule has 1 saturated heterocycles. The number of aryl methyl sites for hydroxylation is 1. The number of aromatic nitrogens is 2. The molecule has 0 saturated carbocycles. The second-order valence-corrected chi connectivity index (χ2v) is 5.70. The summed E-state index contributed by atoms with van der Waals surface area (Å²) in [5, 5.41) is 10.9. The first-order valence-electron chi connectivity index (χ1n) is 7.81. The van der Waals surface area contributed by atoms with Crippen LogP contribution in [-0.2, 0) is 0 Å². The van der Waals surface area contributed by atoms with Crippen molar-refractivity contribution in [3.63, 3.8) is 0 Å². The third-order valence-electron chi connectivity index (χ3n) is 4.12. The Morgan fingerprint density at radius 3 is 2.54 bits per heavy atom. The number of rotatable bonds is 4. The molecule has 3 rings (SSSR count). The van der Waals surface area contributed by atoms with Gasteiger partial charge >= 0.3 is 0 Å². The van der Waals surface area contributed by atoms with Gasteiger partial charge in [-0.25, -0.2) is 0 Å². The summed E-state index contributed by atoms with van der Waals surface area (Å²) < 4.78 is 0. The molecule has 3 N–H and O–H groups in total. The number of piperazine rings is 1. The van der Waals surface area contributed by atoms with Crippen molar-refractivity contribution in [1.82, 2.24) is 15.5 Å². The normalized spacial score (nSPS) is 14.5. The maximum atomic E-state index is 13.0. The van der Waals surface area contributed by atoms with Gasteiger partial charge in [-0.2, -0.15) is 5.10 Å². The molecule has 2 heterocycles. The van der Waals surface area contributed by atoms with E-state index in [4.69, 9.17) is 5.73 Å². The van der Waals surface area contributed by atoms with Crippen LogP contribution >= 0.6 is 0 Å². The molecule has 24 heavy (non-hydrogen) atoms. The van der Waals surface area contributed by atoms with Crippen molar-refractivity contribution in [2.24, 2.45) is 5.73 Å². The van der Waals surface area contributed by atoms with E-state index in [1.54, 1.807) is 6.07 Å². The van der Waals surface area contributed by atoms with E-state index >= 15 is 0 Å². The number of primary amides is 1. The molecule has 1 aromatic carbocycles. The summed E-state index contributed by atoms with van der Waals surface area (Å²) in [4.78, 5) is 26.8. The lowest BCUT2D eigenvalue weighted by atomic mass is 9.98. The summed E-state index contributed by atoms with van der Waals surface area (Å²) in [5.41, 5.74) is 7.79. The van der Waals surface area contributed by atoms with Gasteiger partial charge in [-0.1, -0.05) is 24.3 Å². The van der Waals surface area contributed by atoms with E-state index in [0.29, 0.717) is 29.9 Å². The maximum Gasteiger partial charge on any atom is 0.271 e. The van der Waals surface area contributed by atoms with Crippen LogP contribution in [0.5, 0.6) is 0 Å². The average molecular weight is 325 g/mol. The number of anilines is 1. The average Bonchev–Trinajstić information content (AvgIpc) is 2.61. The summed E-state index contributed by atoms with van der Waals surface area (Å²) in [5.74, 6) is -0.866. The number of amides is 1. The summed E-state index contributed by atoms with van der Waals surface area (Å²) in [6, 6.07) is 7.34. The number of nitrogens with zero attached hydrogens (tertiary/aromatic N) is 3. The number of carbonyl (C=O) groups excluding carboxylic acids is 2. The van der Waals surface area contributed by atoms with E-state index in [1.807, 2.05) is 30.0 Å². The van der Waals surface area contributed by atoms with Gasteiger partial charge in [0.1, 0.15) is 0 Å². The van der Waals surface area contributed by atoms with Crippen LogP contribution in [0.2, 0.25) is 0 Å². The molecule has 0 bridgehead atoms. The Kier molecular flexibility index (Phi) is 4.52. The van der Waals surface area contributed by atoms with Crippen LogP contribution in [0, 0.1) is 6.92 Å². The van der Waals surface area contributed by atoms with Crippen LogP contribution in [0.4, 0.5) is 5.69 Å². The quantitative estimate of drug-likeness (QED) is 0.795. The predicted molar refractivity (Wildman–Crippen MR) is 90.2 cm³/mol. The van der Waals surface area contributed by atoms with Crippen LogP contribution in [0.25, 0.3) is 0 Å². The molecule has 1 aliphatic heterocycles. The molecular weight excluding hydrogens is 306 g/mol. The van der Waals surface area contributed by atoms with Gasteiger partial charge in [-0.3, -0.25) is 9.59 Å². The number of carbonyl (C=O) groups is 2. The number of hydrogen-bond acceptors (Lipinski definition) is 6. The van der Waals surface area contributed by atoms with Gasteiger partial charge in [0.15, 0.2) is 11.5 Å². The number of hydrogen-bond donors (Lipinski definition) is 2. The first-order chi connectivity index (χ1) is 11.6. The van der Waals surface area contributed by atoms with Crippen molar-refractivity contribution in [3.8, 4) is 0 Å². The lowest BCUT2D eigenvalue weighted by Crippen LogP contribution is -2.45. The minimum atomic E-state index is -0.685. The monoisotopic (exact) mass is 325 g/mol. The molecule has 7 heteroatoms. The molecule has 7 nitrogen and oxygen atoms in total. The van der Waals surface area contributed by atoms with Crippen molar-refractivity contribution in [1.29, 1.82) is 0 Å². The highest BCUT2D eigenvalue weighted by atomic mass is 16.1. The van der Waals surface area contributed by atoms with Crippen LogP contribution in [-0.4, -0.2) is 48.1 Å². The first-order valence-corrected chi connectivity index (χ1v) is 7.81. The Balaban J connectivity index is 2.13. The molecule has 0 spiro atoms. The third-order valence-corrected chi connectivity index (χ3v) is 4.12. The number of nitrogens with one attached hydrogen (secondary N) is 1. The van der Waals surface area contributed by atoms with E-state index in [1.165, 1.54) is 6.20 Å². The predicted octanol–water partition coefficient (Wildman–Crippen LogP) is 0.525. The number of benzene rings is 1. The Labute approximate surface area is 139 Å². The summed E-state index contributed by atoms with van der Waals surface area (Å²) in [7, 11) is 0. The molecule has 124 valence electrons. The first kappa shape index (κ1) is 16.1. The van der Waals surface area contributed by atoms with Crippen molar-refractivity contribution >= 4 is 17.4 Å². The SMILES string of the molecule is Cc1ccccc1C(=O)c1cnnc(C(N)=O)c1N1CCNCC1. The molecule has 1 aromatic heterocycles. The van der Waals surface area contributed by atoms with Gasteiger partial charge in [0.25, 0.3) is 5.91 Å². The molecule has 1 aliphatic rings. The second-order valence-electron chi connectivity index (χ2n) is 5.70. The Hall–Kier alpha value is -2.80. The molecule has 0 unspecified atom stereocenters. The molecule has 0 aliphatic carbocycles. The molecule has 2 aromatic rings. The van der Waals surface area contributed by atoms with Crippen LogP contribution < -0.4 is 16.0 Å². The minimum Gasteiger partial charge on any atom is -0.366 e. The highest BCUT2D eigenvalue weighted by Crippen LogP contribution is 2.27. The Morgan fingerprint density at radius 1 is 1.17 bits per heavy atom. The van der Waals surface area contributed by atoms with Crippen molar-refractivity contribution in [2.45, 2.75) is 6.92 Å². The zero-order chi connectivity index (χ0) is 17.1. The van der Waals surface area contributed by atoms with Gasteiger partial charge in [0, 0.05) is 31.7 Å². The van der Waals surface area contributed by atoms with Gasteiger partial charge in [-0.15, -0.1) is 5.10 Å². The molecular formula is C17H19N5O2. The van der Waals surface area contributed by atoms with Crippen molar-refractivity contribution in [2.75, 3.05) is 31.1 Å². The van der Waals surface area contributed by atoms with Crippen LogP contribution in [0.15, 0.2) is 30.5 Å². The fraction of sp³-hybridized carbons (Fsp3) is 0.294. The van der Waals surface area contributed by atoms with Crippen LogP contribution in [0.1, 0.15) is 32.0 Å². The van der Waals surface area contributed by atoms with E-state index in [9.17, 15) is 9.59 Å². The second kappa shape index (κ2) is 6.76. The number of nitrogens with two attached hydrogens (primary N) is 1. The van der Waals surface area contributed by atoms with E-state index in [-0.39, 0.29) is 11.5 Å². The fourth-order valence-corrected chi connectivity index (χ4v) is 2.89. The Bertz CT molecular complexity index is 784. The lowest BCUT2D eigenvalue weighted by Gasteiger charge is -2.31. The van der Waals surface area contributed by atoms with E-state index in [2.05, 4.69) is 15.5 Å². The van der Waals surface area contributed by atoms with Crippen molar-refractivity contribution in [3.05, 3.63) is 52.8 Å². The summed E-state index contributed by atoms with van der Waals surface area (Å²) in [6.45, 7) is 4.73. The smallest absolute Gasteiger partial charge is 0.271 e. The van der Waals surface area contributed by atoms with Gasteiger partial charge in [0.2, 0.25) is 0 Å². The van der Waals surface area contributed by atoms with E-state index in [0.717, 1.165) is 18.7 Å². The van der Waals surface area contributed by atoms with E-state index < -0.39 is 5.91 Å². The van der Waals surface area contributed by atoms with Gasteiger partial charge in [0.05, 0.1) is 17.4 Å². The standard InChI is InChI=1S/C17H19N5O2/c1-11-4-2-3-5-12(11)16(23)13-10-20-21-14(17(18)24)15(13)22-8-6-19-7-9-22/h2-5,10,19H,6-9H2,1H3,(H2,18,24). The van der Waals surface area contributed by atoms with Gasteiger partial charge in [-0.05, 0) is 12.5 Å². The largest absolute Gasteiger partial charge is 0.366 e. The number of ketones is 1. The Morgan fingerprint density at radius 2 is 1.88 bits per heavy atom. The molecule has 0 radical (unpaired) electrons. The zero-order valence-electron chi connectivity index (χ0n) is 13.5. The maximum absolute atomic E-state index is 13.0. The zero-order valence-corrected chi connectivity index (χ0v) is 13.5. The highest BCUT2D eigenvalue weighted by molar-refractivity contribution is 6.15. The summed E-state index contributed by atoms with van der Waals surface area (Å²) in [6.07, 6.45) is 1.42. The molecule has 1 amide bonds. The third kappa shape index (κ3) is 2.98. The topological polar surface area (TPSA) is 101 Å². The van der Waals surface area contributed by atoms with Crippen molar-refractivity contribution < 1.29 is 9.59 Å². The highest BCUT2D eigenvalue weighted by Gasteiger charge is 2.26. The minimum absolute atomic E-state index is 0.0383.